The molecule has 2 aromatic rings. The zero-order valence-electron chi connectivity index (χ0n) is 15.1. The van der Waals surface area contributed by atoms with Crippen molar-refractivity contribution in [2.24, 2.45) is 0 Å². The fraction of sp³-hybridized carbons (Fsp3) is 0.444. The number of carbonyl (C=O) groups excluding carboxylic acids is 2. The normalized spacial score (nSPS) is 10.4. The third-order valence-corrected chi connectivity index (χ3v) is 4.44. The number of nitrogens with one attached hydrogen (secondary N) is 2. The summed E-state index contributed by atoms with van der Waals surface area (Å²) < 4.78 is 5.33. The van der Waals surface area contributed by atoms with Crippen LogP contribution in [0.2, 0.25) is 0 Å². The quantitative estimate of drug-likeness (QED) is 0.622. The lowest BCUT2D eigenvalue weighted by molar-refractivity contribution is -0.115. The van der Waals surface area contributed by atoms with E-state index in [9.17, 15) is 9.59 Å². The van der Waals surface area contributed by atoms with Crippen LogP contribution in [0.4, 0.5) is 5.13 Å². The second kappa shape index (κ2) is 10.5. The molecule has 0 aliphatic carbocycles. The van der Waals surface area contributed by atoms with Crippen LogP contribution >= 0.6 is 11.3 Å². The van der Waals surface area contributed by atoms with Crippen molar-refractivity contribution >= 4 is 28.3 Å². The number of aromatic nitrogens is 2. The highest BCUT2D eigenvalue weighted by atomic mass is 32.1. The van der Waals surface area contributed by atoms with Crippen LogP contribution in [-0.4, -0.2) is 35.2 Å². The Bertz CT molecular complexity index is 715. The maximum absolute atomic E-state index is 12.1. The molecule has 0 saturated carbocycles. The molecule has 1 heterocycles. The highest BCUT2D eigenvalue weighted by Gasteiger charge is 2.11. The van der Waals surface area contributed by atoms with E-state index in [1.165, 1.54) is 11.3 Å². The van der Waals surface area contributed by atoms with Crippen LogP contribution < -0.4 is 15.4 Å². The average molecular weight is 376 g/mol. The first kappa shape index (κ1) is 19.8. The first-order chi connectivity index (χ1) is 12.6. The lowest BCUT2D eigenvalue weighted by Crippen LogP contribution is -2.32. The number of rotatable bonds is 10. The smallest absolute Gasteiger partial charge is 0.251 e. The topological polar surface area (TPSA) is 93.2 Å². The summed E-state index contributed by atoms with van der Waals surface area (Å²) >= 11 is 1.37. The van der Waals surface area contributed by atoms with Gasteiger partial charge in [0, 0.05) is 12.0 Å². The van der Waals surface area contributed by atoms with Crippen molar-refractivity contribution in [3.05, 3.63) is 34.8 Å². The number of carbonyl (C=O) groups is 2. The van der Waals surface area contributed by atoms with Gasteiger partial charge in [-0.3, -0.25) is 14.9 Å². The van der Waals surface area contributed by atoms with E-state index in [4.69, 9.17) is 4.74 Å². The maximum atomic E-state index is 12.1. The van der Waals surface area contributed by atoms with E-state index < -0.39 is 0 Å². The van der Waals surface area contributed by atoms with Crippen LogP contribution in [0, 0.1) is 0 Å². The van der Waals surface area contributed by atoms with Gasteiger partial charge in [0.15, 0.2) is 0 Å². The van der Waals surface area contributed by atoms with Crippen molar-refractivity contribution in [2.45, 2.75) is 39.5 Å². The van der Waals surface area contributed by atoms with Crippen LogP contribution in [-0.2, 0) is 11.2 Å². The molecule has 0 saturated heterocycles. The highest BCUT2D eigenvalue weighted by Crippen LogP contribution is 2.17. The zero-order valence-corrected chi connectivity index (χ0v) is 15.9. The number of nitrogens with zero attached hydrogens (tertiary/aromatic N) is 2. The van der Waals surface area contributed by atoms with Crippen molar-refractivity contribution in [3.63, 3.8) is 0 Å². The Morgan fingerprint density at radius 3 is 2.58 bits per heavy atom. The van der Waals surface area contributed by atoms with E-state index in [0.717, 1.165) is 30.7 Å². The summed E-state index contributed by atoms with van der Waals surface area (Å²) in [7, 11) is 0. The molecule has 0 atom stereocenters. The third kappa shape index (κ3) is 6.44. The van der Waals surface area contributed by atoms with Gasteiger partial charge in [-0.15, -0.1) is 10.2 Å². The Labute approximate surface area is 157 Å². The van der Waals surface area contributed by atoms with Gasteiger partial charge in [-0.1, -0.05) is 31.1 Å². The molecule has 0 aliphatic rings. The minimum Gasteiger partial charge on any atom is -0.494 e. The average Bonchev–Trinajstić information content (AvgIpc) is 3.08. The Morgan fingerprint density at radius 2 is 1.88 bits per heavy atom. The van der Waals surface area contributed by atoms with E-state index in [2.05, 4.69) is 27.8 Å². The fourth-order valence-corrected chi connectivity index (χ4v) is 3.02. The monoisotopic (exact) mass is 376 g/mol. The first-order valence-electron chi connectivity index (χ1n) is 8.75. The van der Waals surface area contributed by atoms with Crippen molar-refractivity contribution in [3.8, 4) is 5.75 Å². The predicted molar refractivity (Wildman–Crippen MR) is 102 cm³/mol. The molecule has 2 rings (SSSR count). The molecular weight excluding hydrogens is 352 g/mol. The molecule has 7 nitrogen and oxygen atoms in total. The molecule has 0 spiro atoms. The summed E-state index contributed by atoms with van der Waals surface area (Å²) in [4.78, 5) is 24.0. The molecule has 0 bridgehead atoms. The van der Waals surface area contributed by atoms with Gasteiger partial charge in [-0.25, -0.2) is 0 Å². The first-order valence-corrected chi connectivity index (χ1v) is 9.57. The van der Waals surface area contributed by atoms with E-state index >= 15 is 0 Å². The van der Waals surface area contributed by atoms with Gasteiger partial charge in [-0.2, -0.15) is 0 Å². The molecule has 1 aromatic heterocycles. The molecule has 1 aromatic carbocycles. The summed E-state index contributed by atoms with van der Waals surface area (Å²) in [5.41, 5.74) is 0.468. The molecule has 0 radical (unpaired) electrons. The zero-order chi connectivity index (χ0) is 18.8. The number of amides is 2. The summed E-state index contributed by atoms with van der Waals surface area (Å²) in [6, 6.07) is 6.76. The number of aryl methyl sites for hydroxylation is 1. The van der Waals surface area contributed by atoms with Gasteiger partial charge in [-0.05, 0) is 37.6 Å². The van der Waals surface area contributed by atoms with Crippen molar-refractivity contribution < 1.29 is 14.3 Å². The van der Waals surface area contributed by atoms with Gasteiger partial charge in [0.25, 0.3) is 5.91 Å². The van der Waals surface area contributed by atoms with E-state index in [0.29, 0.717) is 23.1 Å². The molecule has 0 aliphatic heterocycles. The SMILES string of the molecule is CCCCCc1nnc(NC(=O)CNC(=O)c2ccc(OCC)cc2)s1. The Hall–Kier alpha value is -2.48. The number of hydrogen-bond donors (Lipinski definition) is 2. The largest absolute Gasteiger partial charge is 0.494 e. The number of anilines is 1. The van der Waals surface area contributed by atoms with Crippen molar-refractivity contribution in [1.29, 1.82) is 0 Å². The molecule has 2 N–H and O–H groups in total. The summed E-state index contributed by atoms with van der Waals surface area (Å²) in [6.45, 7) is 4.48. The van der Waals surface area contributed by atoms with Gasteiger partial charge in [0.05, 0.1) is 13.2 Å². The van der Waals surface area contributed by atoms with Gasteiger partial charge < -0.3 is 10.1 Å². The maximum Gasteiger partial charge on any atom is 0.251 e. The van der Waals surface area contributed by atoms with Gasteiger partial charge in [0.1, 0.15) is 10.8 Å². The fourth-order valence-electron chi connectivity index (χ4n) is 2.23. The van der Waals surface area contributed by atoms with Crippen molar-refractivity contribution in [2.75, 3.05) is 18.5 Å². The van der Waals surface area contributed by atoms with Crippen LogP contribution in [0.25, 0.3) is 0 Å². The van der Waals surface area contributed by atoms with Crippen LogP contribution in [0.3, 0.4) is 0 Å². The third-order valence-electron chi connectivity index (χ3n) is 3.54. The number of unbranched alkanes of at least 4 members (excludes halogenated alkanes) is 2. The van der Waals surface area contributed by atoms with E-state index in [1.54, 1.807) is 24.3 Å². The van der Waals surface area contributed by atoms with Crippen LogP contribution in [0.15, 0.2) is 24.3 Å². The predicted octanol–water partition coefficient (Wildman–Crippen LogP) is 3.04. The second-order valence-electron chi connectivity index (χ2n) is 5.65. The standard InChI is InChI=1S/C18H24N4O3S/c1-3-5-6-7-16-21-22-18(26-16)20-15(23)12-19-17(24)13-8-10-14(11-9-13)25-4-2/h8-11H,3-7,12H2,1-2H3,(H,19,24)(H,20,22,23). The number of ether oxygens (including phenoxy) is 1. The Morgan fingerprint density at radius 1 is 1.12 bits per heavy atom. The minimum atomic E-state index is -0.333. The molecule has 0 unspecified atom stereocenters. The molecule has 2 amide bonds. The van der Waals surface area contributed by atoms with Gasteiger partial charge in [0.2, 0.25) is 11.0 Å². The summed E-state index contributed by atoms with van der Waals surface area (Å²) in [5.74, 6) is 0.0501. The lowest BCUT2D eigenvalue weighted by atomic mass is 10.2. The summed E-state index contributed by atoms with van der Waals surface area (Å²) in [6.07, 6.45) is 4.24. The minimum absolute atomic E-state index is 0.128. The van der Waals surface area contributed by atoms with Crippen molar-refractivity contribution in [1.82, 2.24) is 15.5 Å². The summed E-state index contributed by atoms with van der Waals surface area (Å²) in [5, 5.41) is 14.6. The Kier molecular flexibility index (Phi) is 8.01. The lowest BCUT2D eigenvalue weighted by Gasteiger charge is -2.06. The number of hydrogen-bond acceptors (Lipinski definition) is 6. The Balaban J connectivity index is 1.76. The number of benzene rings is 1. The molecular formula is C18H24N4O3S. The highest BCUT2D eigenvalue weighted by molar-refractivity contribution is 7.15. The van der Waals surface area contributed by atoms with E-state index in [1.807, 2.05) is 6.92 Å². The molecule has 26 heavy (non-hydrogen) atoms. The second-order valence-corrected chi connectivity index (χ2v) is 6.71. The van der Waals surface area contributed by atoms with Crippen LogP contribution in [0.5, 0.6) is 5.75 Å². The van der Waals surface area contributed by atoms with Gasteiger partial charge >= 0.3 is 0 Å². The molecule has 140 valence electrons. The van der Waals surface area contributed by atoms with E-state index in [-0.39, 0.29) is 18.4 Å². The molecule has 0 fully saturated rings. The van der Waals surface area contributed by atoms with Crippen LogP contribution in [0.1, 0.15) is 48.5 Å². The molecule has 8 heteroatoms.